The average molecular weight is 363 g/mol. The van der Waals surface area contributed by atoms with E-state index in [9.17, 15) is 4.79 Å². The van der Waals surface area contributed by atoms with E-state index in [2.05, 4.69) is 26.6 Å². The van der Waals surface area contributed by atoms with Crippen molar-refractivity contribution >= 4 is 22.0 Å². The molecule has 116 valence electrons. The molecule has 4 nitrogen and oxygen atoms in total. The fourth-order valence-electron chi connectivity index (χ4n) is 1.94. The Kier molecular flexibility index (Phi) is 6.27. The Hall–Kier alpha value is -2.01. The van der Waals surface area contributed by atoms with Gasteiger partial charge in [0.1, 0.15) is 12.4 Å². The average Bonchev–Trinajstić information content (AvgIpc) is 2.54. The maximum atomic E-state index is 11.8. The van der Waals surface area contributed by atoms with Crippen LogP contribution in [-0.4, -0.2) is 19.2 Å². The van der Waals surface area contributed by atoms with Crippen molar-refractivity contribution in [2.75, 3.05) is 13.2 Å². The summed E-state index contributed by atoms with van der Waals surface area (Å²) >= 11 is 3.37. The highest BCUT2D eigenvalue weighted by atomic mass is 79.9. The molecule has 2 N–H and O–H groups in total. The summed E-state index contributed by atoms with van der Waals surface area (Å²) in [5, 5.41) is 5.67. The molecule has 0 aromatic heterocycles. The van der Waals surface area contributed by atoms with E-state index in [1.54, 1.807) is 0 Å². The molecule has 0 fully saturated rings. The molecule has 0 aliphatic carbocycles. The van der Waals surface area contributed by atoms with E-state index in [-0.39, 0.29) is 12.1 Å². The Balaban J connectivity index is 1.66. The Morgan fingerprint density at radius 3 is 2.50 bits per heavy atom. The summed E-state index contributed by atoms with van der Waals surface area (Å²) < 4.78 is 6.54. The topological polar surface area (TPSA) is 50.4 Å². The monoisotopic (exact) mass is 362 g/mol. The predicted octanol–water partition coefficient (Wildman–Crippen LogP) is 3.89. The van der Waals surface area contributed by atoms with Crippen LogP contribution >= 0.6 is 15.9 Å². The molecule has 0 saturated carbocycles. The van der Waals surface area contributed by atoms with Crippen LogP contribution in [0.1, 0.15) is 18.5 Å². The van der Waals surface area contributed by atoms with Crippen molar-refractivity contribution < 1.29 is 9.53 Å². The highest BCUT2D eigenvalue weighted by Gasteiger charge is 2.08. The zero-order valence-electron chi connectivity index (χ0n) is 12.4. The van der Waals surface area contributed by atoms with Crippen LogP contribution in [0.3, 0.4) is 0 Å². The van der Waals surface area contributed by atoms with Crippen LogP contribution in [-0.2, 0) is 0 Å². The van der Waals surface area contributed by atoms with Crippen molar-refractivity contribution in [1.82, 2.24) is 10.6 Å². The van der Waals surface area contributed by atoms with E-state index in [0.717, 1.165) is 15.8 Å². The van der Waals surface area contributed by atoms with Crippen molar-refractivity contribution in [3.63, 3.8) is 0 Å². The first-order valence-electron chi connectivity index (χ1n) is 7.13. The molecule has 2 aromatic carbocycles. The quantitative estimate of drug-likeness (QED) is 0.765. The zero-order valence-corrected chi connectivity index (χ0v) is 14.0. The molecule has 2 rings (SSSR count). The molecule has 0 radical (unpaired) electrons. The normalized spacial score (nSPS) is 11.5. The molecule has 5 heteroatoms. The number of amides is 2. The van der Waals surface area contributed by atoms with E-state index in [0.29, 0.717) is 13.2 Å². The maximum absolute atomic E-state index is 11.8. The third kappa shape index (κ3) is 5.41. The van der Waals surface area contributed by atoms with Crippen molar-refractivity contribution in [2.24, 2.45) is 0 Å². The summed E-state index contributed by atoms with van der Waals surface area (Å²) in [6.07, 6.45) is 0. The SMILES string of the molecule is CC(NC(=O)NCCOc1ccc(Br)cc1)c1ccccc1. The van der Waals surface area contributed by atoms with E-state index in [1.807, 2.05) is 61.5 Å². The first-order chi connectivity index (χ1) is 10.6. The number of hydrogen-bond donors (Lipinski definition) is 2. The van der Waals surface area contributed by atoms with Gasteiger partial charge in [-0.2, -0.15) is 0 Å². The van der Waals surface area contributed by atoms with Gasteiger partial charge in [-0.1, -0.05) is 46.3 Å². The molecule has 0 spiro atoms. The van der Waals surface area contributed by atoms with Gasteiger partial charge in [0, 0.05) is 4.47 Å². The number of ether oxygens (including phenoxy) is 1. The number of carbonyl (C=O) groups excluding carboxylic acids is 1. The smallest absolute Gasteiger partial charge is 0.315 e. The van der Waals surface area contributed by atoms with E-state index in [1.165, 1.54) is 0 Å². The van der Waals surface area contributed by atoms with Gasteiger partial charge in [0.2, 0.25) is 0 Å². The number of carbonyl (C=O) groups is 1. The lowest BCUT2D eigenvalue weighted by molar-refractivity contribution is 0.233. The minimum absolute atomic E-state index is 0.0337. The number of hydrogen-bond acceptors (Lipinski definition) is 2. The minimum Gasteiger partial charge on any atom is -0.492 e. The van der Waals surface area contributed by atoms with Gasteiger partial charge in [-0.3, -0.25) is 0 Å². The molecule has 2 aromatic rings. The van der Waals surface area contributed by atoms with E-state index < -0.39 is 0 Å². The zero-order chi connectivity index (χ0) is 15.8. The lowest BCUT2D eigenvalue weighted by Crippen LogP contribution is -2.38. The van der Waals surface area contributed by atoms with Crippen LogP contribution in [0.5, 0.6) is 5.75 Å². The Morgan fingerprint density at radius 2 is 1.82 bits per heavy atom. The summed E-state index contributed by atoms with van der Waals surface area (Å²) in [5.41, 5.74) is 1.07. The van der Waals surface area contributed by atoms with Crippen molar-refractivity contribution in [3.05, 3.63) is 64.6 Å². The standard InChI is InChI=1S/C17H19BrN2O2/c1-13(14-5-3-2-4-6-14)20-17(21)19-11-12-22-16-9-7-15(18)8-10-16/h2-10,13H,11-12H2,1H3,(H2,19,20,21). The summed E-state index contributed by atoms with van der Waals surface area (Å²) in [5.74, 6) is 0.781. The van der Waals surface area contributed by atoms with Crippen LogP contribution in [0.4, 0.5) is 4.79 Å². The molecule has 0 aliphatic heterocycles. The third-order valence-corrected chi connectivity index (χ3v) is 3.65. The van der Waals surface area contributed by atoms with Crippen molar-refractivity contribution in [1.29, 1.82) is 0 Å². The second kappa shape index (κ2) is 8.44. The summed E-state index contributed by atoms with van der Waals surface area (Å²) in [7, 11) is 0. The van der Waals surface area contributed by atoms with Gasteiger partial charge < -0.3 is 15.4 Å². The molecule has 0 heterocycles. The first kappa shape index (κ1) is 16.4. The molecular weight excluding hydrogens is 344 g/mol. The highest BCUT2D eigenvalue weighted by molar-refractivity contribution is 9.10. The minimum atomic E-state index is -0.198. The van der Waals surface area contributed by atoms with Crippen molar-refractivity contribution in [3.8, 4) is 5.75 Å². The Bertz CT molecular complexity index is 587. The Labute approximate surface area is 139 Å². The molecular formula is C17H19BrN2O2. The molecule has 0 aliphatic rings. The highest BCUT2D eigenvalue weighted by Crippen LogP contribution is 2.15. The lowest BCUT2D eigenvalue weighted by atomic mass is 10.1. The first-order valence-corrected chi connectivity index (χ1v) is 7.92. The number of benzene rings is 2. The summed E-state index contributed by atoms with van der Waals surface area (Å²) in [4.78, 5) is 11.8. The second-order valence-corrected chi connectivity index (χ2v) is 5.75. The van der Waals surface area contributed by atoms with Crippen LogP contribution < -0.4 is 15.4 Å². The van der Waals surface area contributed by atoms with Gasteiger partial charge in [-0.15, -0.1) is 0 Å². The fourth-order valence-corrected chi connectivity index (χ4v) is 2.20. The second-order valence-electron chi connectivity index (χ2n) is 4.83. The van der Waals surface area contributed by atoms with Gasteiger partial charge in [0.15, 0.2) is 0 Å². The fraction of sp³-hybridized carbons (Fsp3) is 0.235. The van der Waals surface area contributed by atoms with Gasteiger partial charge >= 0.3 is 6.03 Å². The van der Waals surface area contributed by atoms with Crippen LogP contribution in [0.15, 0.2) is 59.1 Å². The van der Waals surface area contributed by atoms with E-state index in [4.69, 9.17) is 4.74 Å². The summed E-state index contributed by atoms with van der Waals surface area (Å²) in [6, 6.07) is 17.2. The van der Waals surface area contributed by atoms with Gasteiger partial charge in [0.05, 0.1) is 12.6 Å². The number of urea groups is 1. The maximum Gasteiger partial charge on any atom is 0.315 e. The lowest BCUT2D eigenvalue weighted by Gasteiger charge is -2.15. The molecule has 0 saturated heterocycles. The van der Waals surface area contributed by atoms with Gasteiger partial charge in [0.25, 0.3) is 0 Å². The molecule has 1 atom stereocenters. The summed E-state index contributed by atoms with van der Waals surface area (Å²) in [6.45, 7) is 2.82. The largest absolute Gasteiger partial charge is 0.492 e. The Morgan fingerprint density at radius 1 is 1.14 bits per heavy atom. The van der Waals surface area contributed by atoms with Crippen LogP contribution in [0.2, 0.25) is 0 Å². The molecule has 1 unspecified atom stereocenters. The van der Waals surface area contributed by atoms with Crippen molar-refractivity contribution in [2.45, 2.75) is 13.0 Å². The predicted molar refractivity (Wildman–Crippen MR) is 91.0 cm³/mol. The molecule has 0 bridgehead atoms. The van der Waals surface area contributed by atoms with E-state index >= 15 is 0 Å². The number of nitrogens with one attached hydrogen (secondary N) is 2. The molecule has 2 amide bonds. The molecule has 22 heavy (non-hydrogen) atoms. The van der Waals surface area contributed by atoms with Gasteiger partial charge in [-0.05, 0) is 36.8 Å². The number of rotatable bonds is 6. The van der Waals surface area contributed by atoms with Gasteiger partial charge in [-0.25, -0.2) is 4.79 Å². The number of halogens is 1. The third-order valence-electron chi connectivity index (χ3n) is 3.12. The van der Waals surface area contributed by atoms with Crippen LogP contribution in [0.25, 0.3) is 0 Å². The van der Waals surface area contributed by atoms with Crippen LogP contribution in [0, 0.1) is 0 Å².